The van der Waals surface area contributed by atoms with E-state index in [-0.39, 0.29) is 17.1 Å². The maximum absolute atomic E-state index is 13.6. The van der Waals surface area contributed by atoms with Crippen LogP contribution in [0.3, 0.4) is 0 Å². The van der Waals surface area contributed by atoms with Gasteiger partial charge in [-0.05, 0) is 67.3 Å². The van der Waals surface area contributed by atoms with Gasteiger partial charge in [-0.1, -0.05) is 42.5 Å². The average molecular weight is 642 g/mol. The van der Waals surface area contributed by atoms with E-state index in [0.29, 0.717) is 57.7 Å². The van der Waals surface area contributed by atoms with Crippen molar-refractivity contribution in [2.75, 3.05) is 58.4 Å². The highest BCUT2D eigenvalue weighted by molar-refractivity contribution is 8.16. The Morgan fingerprint density at radius 1 is 0.978 bits per heavy atom. The molecule has 45 heavy (non-hydrogen) atoms. The SMILES string of the molecule is Cc1ccc([C@H]2[C@H](O)[C@H](O)[C@H](O)C[SH]2C)cc1Cc1ccc(CCCC(=O)NC2(C(=O)N3CCN(C)CC3)CCOCC2)cc1. The third-order valence-electron chi connectivity index (χ3n) is 9.94. The highest BCUT2D eigenvalue weighted by Crippen LogP contribution is 2.48. The minimum Gasteiger partial charge on any atom is -0.390 e. The predicted molar refractivity (Wildman–Crippen MR) is 179 cm³/mol. The van der Waals surface area contributed by atoms with E-state index in [2.05, 4.69) is 66.8 Å². The number of thiol groups is 1. The molecule has 3 saturated heterocycles. The second-order valence-corrected chi connectivity index (χ2v) is 15.7. The Morgan fingerprint density at radius 2 is 1.64 bits per heavy atom. The predicted octanol–water partition coefficient (Wildman–Crippen LogP) is 2.12. The second-order valence-electron chi connectivity index (χ2n) is 13.3. The second kappa shape index (κ2) is 15.0. The Hall–Kier alpha value is -2.47. The van der Waals surface area contributed by atoms with Crippen LogP contribution in [0.4, 0.5) is 0 Å². The van der Waals surface area contributed by atoms with Crippen LogP contribution in [-0.4, -0.2) is 119 Å². The molecule has 3 aliphatic rings. The number of nitrogens with one attached hydrogen (secondary N) is 1. The zero-order valence-corrected chi connectivity index (χ0v) is 27.8. The van der Waals surface area contributed by atoms with E-state index >= 15 is 0 Å². The van der Waals surface area contributed by atoms with Crippen molar-refractivity contribution < 1.29 is 29.6 Å². The molecule has 0 saturated carbocycles. The van der Waals surface area contributed by atoms with E-state index in [1.807, 2.05) is 11.0 Å². The standard InChI is InChI=1S/C35H51N3O6S/c1-24-7-12-27(33-32(42)31(41)29(39)23-45(33)3)22-28(24)21-26-10-8-25(9-11-26)5-4-6-30(40)36-35(13-19-44-20-14-35)34(43)38-17-15-37(2)16-18-38/h7-12,22,29,31-33,39,41-42,45H,4-6,13-21,23H2,1-3H3,(H,36,40)/t29-,31-,32-,33+/m1/s1. The van der Waals surface area contributed by atoms with Crippen molar-refractivity contribution in [1.29, 1.82) is 0 Å². The van der Waals surface area contributed by atoms with Gasteiger partial charge < -0.3 is 35.2 Å². The molecule has 248 valence electrons. The van der Waals surface area contributed by atoms with Gasteiger partial charge >= 0.3 is 0 Å². The average Bonchev–Trinajstić information content (AvgIpc) is 3.03. The number of amides is 2. The van der Waals surface area contributed by atoms with Crippen LogP contribution in [0.25, 0.3) is 0 Å². The monoisotopic (exact) mass is 641 g/mol. The van der Waals surface area contributed by atoms with Gasteiger partial charge in [0.1, 0.15) is 11.6 Å². The molecule has 1 unspecified atom stereocenters. The van der Waals surface area contributed by atoms with Crippen LogP contribution in [0.5, 0.6) is 0 Å². The van der Waals surface area contributed by atoms with Gasteiger partial charge in [-0.3, -0.25) is 9.59 Å². The van der Waals surface area contributed by atoms with Crippen molar-refractivity contribution in [2.45, 2.75) is 74.5 Å². The quantitative estimate of drug-likeness (QED) is 0.266. The van der Waals surface area contributed by atoms with Crippen molar-refractivity contribution in [3.8, 4) is 0 Å². The van der Waals surface area contributed by atoms with Gasteiger partial charge in [-0.25, -0.2) is 10.9 Å². The van der Waals surface area contributed by atoms with Gasteiger partial charge in [-0.15, -0.1) is 0 Å². The van der Waals surface area contributed by atoms with Crippen molar-refractivity contribution >= 4 is 22.7 Å². The van der Waals surface area contributed by atoms with Crippen LogP contribution in [0, 0.1) is 6.92 Å². The molecule has 3 aliphatic heterocycles. The Balaban J connectivity index is 1.14. The number of nitrogens with zero attached hydrogens (tertiary/aromatic N) is 2. The van der Waals surface area contributed by atoms with Crippen molar-refractivity contribution in [2.24, 2.45) is 0 Å². The first-order chi connectivity index (χ1) is 21.6. The molecule has 0 spiro atoms. The summed E-state index contributed by atoms with van der Waals surface area (Å²) in [6.07, 6.45) is 2.74. The molecule has 0 bridgehead atoms. The highest BCUT2D eigenvalue weighted by Gasteiger charge is 2.44. The number of piperazine rings is 1. The first kappa shape index (κ1) is 33.9. The van der Waals surface area contributed by atoms with E-state index in [9.17, 15) is 24.9 Å². The molecule has 10 heteroatoms. The number of aliphatic hydroxyl groups is 3. The zero-order valence-electron chi connectivity index (χ0n) is 27.0. The molecule has 3 fully saturated rings. The molecule has 2 aromatic rings. The minimum absolute atomic E-state index is 0.0328. The zero-order chi connectivity index (χ0) is 32.1. The number of ether oxygens (including phenoxy) is 1. The smallest absolute Gasteiger partial charge is 0.248 e. The lowest BCUT2D eigenvalue weighted by Crippen LogP contribution is -2.64. The van der Waals surface area contributed by atoms with Gasteiger partial charge in [0.15, 0.2) is 0 Å². The van der Waals surface area contributed by atoms with Gasteiger partial charge in [0.2, 0.25) is 11.8 Å². The molecule has 5 atom stereocenters. The summed E-state index contributed by atoms with van der Waals surface area (Å²) in [5.41, 5.74) is 4.86. The molecule has 0 radical (unpaired) electrons. The Labute approximate surface area is 270 Å². The van der Waals surface area contributed by atoms with Gasteiger partial charge in [0.25, 0.3) is 0 Å². The largest absolute Gasteiger partial charge is 0.390 e. The summed E-state index contributed by atoms with van der Waals surface area (Å²) >= 11 is 0. The Bertz CT molecular complexity index is 1310. The van der Waals surface area contributed by atoms with E-state index in [4.69, 9.17) is 4.74 Å². The normalized spacial score (nSPS) is 28.0. The molecule has 9 nitrogen and oxygen atoms in total. The molecular weight excluding hydrogens is 590 g/mol. The lowest BCUT2D eigenvalue weighted by molar-refractivity contribution is -0.147. The summed E-state index contributed by atoms with van der Waals surface area (Å²) in [7, 11) is 1.40. The van der Waals surface area contributed by atoms with Crippen LogP contribution in [0.1, 0.15) is 58.8 Å². The molecule has 4 N–H and O–H groups in total. The molecule has 2 amide bonds. The first-order valence-electron chi connectivity index (χ1n) is 16.3. The van der Waals surface area contributed by atoms with Crippen LogP contribution in [-0.2, 0) is 27.2 Å². The molecule has 0 aromatic heterocycles. The van der Waals surface area contributed by atoms with E-state index < -0.39 is 34.7 Å². The van der Waals surface area contributed by atoms with E-state index in [1.54, 1.807) is 0 Å². The number of benzene rings is 2. The summed E-state index contributed by atoms with van der Waals surface area (Å²) < 4.78 is 5.55. The van der Waals surface area contributed by atoms with E-state index in [0.717, 1.165) is 31.5 Å². The fraction of sp³-hybridized carbons (Fsp3) is 0.600. The minimum atomic E-state index is -1.12. The fourth-order valence-electron chi connectivity index (χ4n) is 6.96. The maximum Gasteiger partial charge on any atom is 0.248 e. The van der Waals surface area contributed by atoms with Crippen LogP contribution in [0.2, 0.25) is 0 Å². The third-order valence-corrected chi connectivity index (χ3v) is 12.4. The number of rotatable bonds is 9. The molecule has 2 aromatic carbocycles. The number of aryl methyl sites for hydroxylation is 2. The van der Waals surface area contributed by atoms with Gasteiger partial charge in [0.05, 0.1) is 12.2 Å². The number of aliphatic hydroxyl groups excluding tert-OH is 3. The van der Waals surface area contributed by atoms with Crippen LogP contribution in [0.15, 0.2) is 42.5 Å². The third kappa shape index (κ3) is 8.10. The Morgan fingerprint density at radius 3 is 2.33 bits per heavy atom. The first-order valence-corrected chi connectivity index (χ1v) is 18.4. The number of likely N-dealkylation sites (N-methyl/N-ethyl adjacent to an activating group) is 1. The van der Waals surface area contributed by atoms with Gasteiger partial charge in [0, 0.05) is 69.7 Å². The number of hydrogen-bond acceptors (Lipinski definition) is 7. The van der Waals surface area contributed by atoms with Crippen molar-refractivity contribution in [3.05, 3.63) is 70.3 Å². The van der Waals surface area contributed by atoms with Crippen LogP contribution < -0.4 is 5.32 Å². The molecule has 3 heterocycles. The summed E-state index contributed by atoms with van der Waals surface area (Å²) in [5.74, 6) is 0.479. The van der Waals surface area contributed by atoms with Crippen LogP contribution >= 0.6 is 10.9 Å². The number of carbonyl (C=O) groups is 2. The molecule has 5 rings (SSSR count). The Kier molecular flexibility index (Phi) is 11.3. The van der Waals surface area contributed by atoms with Crippen molar-refractivity contribution in [1.82, 2.24) is 15.1 Å². The molecule has 0 aliphatic carbocycles. The fourth-order valence-corrected chi connectivity index (χ4v) is 9.36. The topological polar surface area (TPSA) is 123 Å². The van der Waals surface area contributed by atoms with Gasteiger partial charge in [-0.2, -0.15) is 0 Å². The molecular formula is C35H51N3O6S. The number of hydrogen-bond donors (Lipinski definition) is 5. The van der Waals surface area contributed by atoms with E-state index in [1.165, 1.54) is 22.3 Å². The van der Waals surface area contributed by atoms with Crippen molar-refractivity contribution in [3.63, 3.8) is 0 Å². The number of carbonyl (C=O) groups excluding carboxylic acids is 2. The lowest BCUT2D eigenvalue weighted by Gasteiger charge is -2.42. The lowest BCUT2D eigenvalue weighted by atomic mass is 9.87. The maximum atomic E-state index is 13.6. The summed E-state index contributed by atoms with van der Waals surface area (Å²) in [6, 6.07) is 14.8. The summed E-state index contributed by atoms with van der Waals surface area (Å²) in [5, 5.41) is 34.1. The summed E-state index contributed by atoms with van der Waals surface area (Å²) in [6.45, 7) is 6.11. The highest BCUT2D eigenvalue weighted by atomic mass is 32.2. The summed E-state index contributed by atoms with van der Waals surface area (Å²) in [4.78, 5) is 30.8.